The first-order valence-corrected chi connectivity index (χ1v) is 22.8. The summed E-state index contributed by atoms with van der Waals surface area (Å²) < 4.78 is 39.0. The standard InChI is InChI=1S/C45H47FN6O7Si/c1-29-41(60(4,5)46)38(21-24-49-27-36(47-48-49)34(28-53)31-11-7-6-8-12-31)59-45(29)35-25-33(51-23-10-14-40(58-3)43(51)55)19-20-37(35)52(44(45)56)26-30-15-17-32(18-16-30)50-22-9-13-39(57-2)42(50)54/h6-20,22-23,25,27,29,34,38,41,53H,21,24,26,28H2,1-5H3/t29-,34?,38+,41-,45+/m1/s1. The number of carbonyl (C=O) groups is 1. The average molecular weight is 831 g/mol. The Balaban J connectivity index is 1.15. The number of hydrogen-bond acceptors (Lipinski definition) is 9. The number of aryl methyl sites for hydroxylation is 1. The molecule has 60 heavy (non-hydrogen) atoms. The highest BCUT2D eigenvalue weighted by Gasteiger charge is 2.66. The normalized spacial score (nSPS) is 20.4. The molecule has 5 atom stereocenters. The first-order chi connectivity index (χ1) is 28.9. The Morgan fingerprint density at radius 3 is 2.12 bits per heavy atom. The number of ether oxygens (including phenoxy) is 3. The van der Waals surface area contributed by atoms with E-state index in [0.29, 0.717) is 41.3 Å². The van der Waals surface area contributed by atoms with Crippen LogP contribution in [0.1, 0.15) is 41.6 Å². The molecule has 3 aromatic heterocycles. The second-order valence-electron chi connectivity index (χ2n) is 15.9. The van der Waals surface area contributed by atoms with Crippen LogP contribution < -0.4 is 25.5 Å². The molecule has 1 spiro atoms. The predicted molar refractivity (Wildman–Crippen MR) is 226 cm³/mol. The SMILES string of the molecule is COc1cccn(-c2ccc(CN3C(=O)[C@@]4(O[C@@H](CCn5cc(C(CO)c6ccccc6)nn5)[C@H]([Si](C)(C)F)[C@H]4C)c4cc(-n5cccc(OC)c5=O)ccc43)cc2)c1=O. The van der Waals surface area contributed by atoms with Gasteiger partial charge in [-0.25, -0.2) is 0 Å². The zero-order valence-corrected chi connectivity index (χ0v) is 35.1. The molecule has 1 fully saturated rings. The van der Waals surface area contributed by atoms with E-state index in [1.54, 1.807) is 77.7 Å². The van der Waals surface area contributed by atoms with Crippen molar-refractivity contribution in [1.29, 1.82) is 0 Å². The molecule has 2 aliphatic rings. The van der Waals surface area contributed by atoms with Gasteiger partial charge in [0, 0.05) is 53.5 Å². The summed E-state index contributed by atoms with van der Waals surface area (Å²) in [6.07, 6.45) is 4.77. The fourth-order valence-corrected chi connectivity index (χ4v) is 11.7. The van der Waals surface area contributed by atoms with Gasteiger partial charge < -0.3 is 28.3 Å². The van der Waals surface area contributed by atoms with Crippen molar-refractivity contribution in [2.45, 2.75) is 62.7 Å². The first-order valence-electron chi connectivity index (χ1n) is 19.9. The quantitative estimate of drug-likeness (QED) is 0.107. The molecule has 13 nitrogen and oxygen atoms in total. The van der Waals surface area contributed by atoms with Crippen LogP contribution in [0.25, 0.3) is 11.4 Å². The van der Waals surface area contributed by atoms with Crippen molar-refractivity contribution in [3.05, 3.63) is 159 Å². The molecule has 8 rings (SSSR count). The van der Waals surface area contributed by atoms with Gasteiger partial charge in [-0.3, -0.25) is 28.2 Å². The van der Waals surface area contributed by atoms with Crippen LogP contribution >= 0.6 is 0 Å². The predicted octanol–water partition coefficient (Wildman–Crippen LogP) is 6.13. The van der Waals surface area contributed by atoms with Gasteiger partial charge in [-0.15, -0.1) is 5.10 Å². The lowest BCUT2D eigenvalue weighted by Crippen LogP contribution is -2.45. The van der Waals surface area contributed by atoms with Crippen molar-refractivity contribution in [3.63, 3.8) is 0 Å². The third-order valence-electron chi connectivity index (χ3n) is 12.0. The summed E-state index contributed by atoms with van der Waals surface area (Å²) in [5, 5.41) is 19.0. The van der Waals surface area contributed by atoms with E-state index in [2.05, 4.69) is 10.3 Å². The summed E-state index contributed by atoms with van der Waals surface area (Å²) in [7, 11) is -0.643. The summed E-state index contributed by atoms with van der Waals surface area (Å²) in [6, 6.07) is 28.9. The Kier molecular flexibility index (Phi) is 10.9. The molecular formula is C45H47FN6O7Si. The minimum absolute atomic E-state index is 0.146. The third-order valence-corrected chi connectivity index (χ3v) is 14.4. The molecule has 15 heteroatoms. The highest BCUT2D eigenvalue weighted by Crippen LogP contribution is 2.60. The lowest BCUT2D eigenvalue weighted by atomic mass is 9.82. The first kappa shape index (κ1) is 40.6. The molecule has 0 saturated carbocycles. The fraction of sp³-hybridized carbons (Fsp3) is 0.311. The number of amides is 1. The van der Waals surface area contributed by atoms with Crippen LogP contribution in [-0.2, 0) is 28.2 Å². The van der Waals surface area contributed by atoms with Gasteiger partial charge in [-0.2, -0.15) is 0 Å². The summed E-state index contributed by atoms with van der Waals surface area (Å²) in [4.78, 5) is 43.3. The number of halogens is 1. The summed E-state index contributed by atoms with van der Waals surface area (Å²) in [5.41, 5.74) is 1.74. The van der Waals surface area contributed by atoms with Crippen molar-refractivity contribution < 1.29 is 28.2 Å². The number of pyridine rings is 2. The summed E-state index contributed by atoms with van der Waals surface area (Å²) in [6.45, 7) is 5.56. The van der Waals surface area contributed by atoms with Crippen LogP contribution in [0.2, 0.25) is 18.6 Å². The highest BCUT2D eigenvalue weighted by molar-refractivity contribution is 6.72. The van der Waals surface area contributed by atoms with Gasteiger partial charge in [0.1, 0.15) is 0 Å². The number of fused-ring (bicyclic) bond motifs is 2. The number of aliphatic hydroxyl groups is 1. The number of aliphatic hydroxyl groups excluding tert-OH is 1. The fourth-order valence-electron chi connectivity index (χ4n) is 9.12. The summed E-state index contributed by atoms with van der Waals surface area (Å²) in [5.74, 6) is -0.898. The number of anilines is 1. The number of hydrogen-bond donors (Lipinski definition) is 1. The topological polar surface area (TPSA) is 143 Å². The number of methoxy groups -OCH3 is 2. The van der Waals surface area contributed by atoms with Crippen LogP contribution in [0, 0.1) is 5.92 Å². The van der Waals surface area contributed by atoms with Crippen LogP contribution in [0.5, 0.6) is 11.5 Å². The smallest absolute Gasteiger partial charge is 0.297 e. The molecule has 0 aliphatic carbocycles. The Hall–Kier alpha value is -6.16. The van der Waals surface area contributed by atoms with E-state index in [9.17, 15) is 14.7 Å². The van der Waals surface area contributed by atoms with Crippen LogP contribution in [0.15, 0.2) is 125 Å². The zero-order valence-electron chi connectivity index (χ0n) is 34.1. The molecule has 1 unspecified atom stereocenters. The number of carbonyl (C=O) groups excluding carboxylic acids is 1. The molecule has 0 bridgehead atoms. The molecule has 3 aromatic carbocycles. The molecule has 1 N–H and O–H groups in total. The highest BCUT2D eigenvalue weighted by atomic mass is 28.4. The van der Waals surface area contributed by atoms with Crippen molar-refractivity contribution in [1.82, 2.24) is 24.1 Å². The second-order valence-corrected chi connectivity index (χ2v) is 19.7. The Morgan fingerprint density at radius 2 is 1.50 bits per heavy atom. The second kappa shape index (κ2) is 16.1. The largest absolute Gasteiger partial charge is 0.491 e. The Bertz CT molecular complexity index is 2640. The zero-order chi connectivity index (χ0) is 42.3. The molecule has 6 aromatic rings. The van der Waals surface area contributed by atoms with Gasteiger partial charge in [-0.05, 0) is 85.2 Å². The van der Waals surface area contributed by atoms with E-state index in [1.165, 1.54) is 23.4 Å². The van der Waals surface area contributed by atoms with Crippen molar-refractivity contribution >= 4 is 20.0 Å². The van der Waals surface area contributed by atoms with Gasteiger partial charge in [0.05, 0.1) is 50.8 Å². The van der Waals surface area contributed by atoms with Gasteiger partial charge in [0.2, 0.25) is 8.41 Å². The number of rotatable bonds is 13. The molecule has 5 heterocycles. The molecule has 310 valence electrons. The minimum Gasteiger partial charge on any atom is -0.491 e. The van der Waals surface area contributed by atoms with Gasteiger partial charge >= 0.3 is 0 Å². The number of nitrogens with zero attached hydrogens (tertiary/aromatic N) is 6. The maximum atomic E-state index is 16.8. The third kappa shape index (κ3) is 7.05. The van der Waals surface area contributed by atoms with E-state index in [1.807, 2.05) is 67.6 Å². The number of aromatic nitrogens is 5. The monoisotopic (exact) mass is 830 g/mol. The van der Waals surface area contributed by atoms with Gasteiger partial charge in [0.15, 0.2) is 17.1 Å². The minimum atomic E-state index is -3.52. The molecule has 1 saturated heterocycles. The van der Waals surface area contributed by atoms with E-state index in [4.69, 9.17) is 14.2 Å². The van der Waals surface area contributed by atoms with E-state index in [-0.39, 0.29) is 47.6 Å². The maximum Gasteiger partial charge on any atom is 0.297 e. The molecule has 0 radical (unpaired) electrons. The van der Waals surface area contributed by atoms with Crippen molar-refractivity contribution in [2.24, 2.45) is 5.92 Å². The average Bonchev–Trinajstić information content (AvgIpc) is 3.91. The van der Waals surface area contributed by atoms with Crippen LogP contribution in [-0.4, -0.2) is 70.5 Å². The summed E-state index contributed by atoms with van der Waals surface area (Å²) >= 11 is 0. The molecule has 2 aliphatic heterocycles. The van der Waals surface area contributed by atoms with Gasteiger partial charge in [-0.1, -0.05) is 54.6 Å². The van der Waals surface area contributed by atoms with Crippen molar-refractivity contribution in [3.8, 4) is 22.9 Å². The van der Waals surface area contributed by atoms with Crippen LogP contribution in [0.4, 0.5) is 9.80 Å². The lowest BCUT2D eigenvalue weighted by molar-refractivity contribution is -0.146. The van der Waals surface area contributed by atoms with E-state index >= 15 is 8.90 Å². The van der Waals surface area contributed by atoms with E-state index < -0.39 is 31.6 Å². The lowest BCUT2D eigenvalue weighted by Gasteiger charge is -2.31. The van der Waals surface area contributed by atoms with E-state index in [0.717, 1.165) is 11.1 Å². The Labute approximate surface area is 347 Å². The molecule has 1 amide bonds. The van der Waals surface area contributed by atoms with Gasteiger partial charge in [0.25, 0.3) is 17.0 Å². The number of benzene rings is 3. The molecular weight excluding hydrogens is 784 g/mol. The van der Waals surface area contributed by atoms with Crippen molar-refractivity contribution in [2.75, 3.05) is 25.7 Å². The Morgan fingerprint density at radius 1 is 0.867 bits per heavy atom. The van der Waals surface area contributed by atoms with Crippen LogP contribution in [0.3, 0.4) is 0 Å². The maximum absolute atomic E-state index is 16.8.